The summed E-state index contributed by atoms with van der Waals surface area (Å²) in [5.74, 6) is 0.541. The number of hydrogen-bond acceptors (Lipinski definition) is 3. The van der Waals surface area contributed by atoms with Crippen LogP contribution >= 0.6 is 11.6 Å². The fourth-order valence-corrected chi connectivity index (χ4v) is 2.22. The van der Waals surface area contributed by atoms with E-state index in [4.69, 9.17) is 11.6 Å². The molecule has 0 aliphatic carbocycles. The molecule has 0 amide bonds. The van der Waals surface area contributed by atoms with Crippen LogP contribution in [0.2, 0.25) is 5.02 Å². The summed E-state index contributed by atoms with van der Waals surface area (Å²) in [5, 5.41) is 11.2. The first-order chi connectivity index (χ1) is 10.7. The summed E-state index contributed by atoms with van der Waals surface area (Å²) in [6, 6.07) is 17.1. The zero-order valence-corrected chi connectivity index (χ0v) is 12.4. The number of aromatic nitrogens is 3. The van der Waals surface area contributed by atoms with Crippen molar-refractivity contribution < 1.29 is 0 Å². The Labute approximate surface area is 131 Å². The van der Waals surface area contributed by atoms with Gasteiger partial charge in [0.15, 0.2) is 5.82 Å². The summed E-state index contributed by atoms with van der Waals surface area (Å²) < 4.78 is 1.25. The zero-order chi connectivity index (χ0) is 15.4. The molecule has 3 aromatic rings. The van der Waals surface area contributed by atoms with Gasteiger partial charge in [-0.25, -0.2) is 9.89 Å². The topological polar surface area (TPSA) is 63.0 Å². The minimum absolute atomic E-state index is 0.380. The number of hydrogen-bond donors (Lipinski definition) is 1. The highest BCUT2D eigenvalue weighted by Crippen LogP contribution is 2.12. The first-order valence-electron chi connectivity index (χ1n) is 6.73. The maximum atomic E-state index is 11.8. The van der Waals surface area contributed by atoms with Crippen LogP contribution in [0.25, 0.3) is 0 Å². The van der Waals surface area contributed by atoms with E-state index >= 15 is 0 Å². The average Bonchev–Trinajstić information content (AvgIpc) is 2.88. The van der Waals surface area contributed by atoms with E-state index < -0.39 is 0 Å². The van der Waals surface area contributed by atoms with Crippen molar-refractivity contribution in [2.75, 3.05) is 0 Å². The molecular weight excluding hydrogens is 300 g/mol. The normalized spacial score (nSPS) is 11.1. The quantitative estimate of drug-likeness (QED) is 0.753. The van der Waals surface area contributed by atoms with Crippen LogP contribution in [0.3, 0.4) is 0 Å². The van der Waals surface area contributed by atoms with E-state index in [0.29, 0.717) is 17.3 Å². The molecule has 110 valence electrons. The van der Waals surface area contributed by atoms with Gasteiger partial charge in [-0.15, -0.1) is 0 Å². The van der Waals surface area contributed by atoms with Crippen molar-refractivity contribution in [3.63, 3.8) is 0 Å². The fraction of sp³-hybridized carbons (Fsp3) is 0.0625. The molecule has 0 aliphatic rings. The number of nitrogens with one attached hydrogen (secondary N) is 1. The van der Waals surface area contributed by atoms with E-state index in [0.717, 1.165) is 11.1 Å². The summed E-state index contributed by atoms with van der Waals surface area (Å²) in [6.07, 6.45) is 2.06. The van der Waals surface area contributed by atoms with Gasteiger partial charge in [0.25, 0.3) is 0 Å². The highest BCUT2D eigenvalue weighted by Gasteiger charge is 2.08. The molecule has 6 heteroatoms. The average molecular weight is 313 g/mol. The number of rotatable bonds is 4. The van der Waals surface area contributed by atoms with Gasteiger partial charge in [-0.05, 0) is 11.6 Å². The molecule has 5 nitrogen and oxygen atoms in total. The van der Waals surface area contributed by atoms with Crippen LogP contribution in [0.4, 0.5) is 0 Å². The van der Waals surface area contributed by atoms with Gasteiger partial charge in [0.2, 0.25) is 0 Å². The molecule has 2 aromatic carbocycles. The Kier molecular flexibility index (Phi) is 4.16. The van der Waals surface area contributed by atoms with Gasteiger partial charge >= 0.3 is 5.69 Å². The molecule has 1 heterocycles. The summed E-state index contributed by atoms with van der Waals surface area (Å²) in [7, 11) is 0. The lowest BCUT2D eigenvalue weighted by atomic mass is 10.1. The Morgan fingerprint density at radius 3 is 2.64 bits per heavy atom. The molecule has 0 bridgehead atoms. The van der Waals surface area contributed by atoms with Gasteiger partial charge in [-0.2, -0.15) is 14.9 Å². The second-order valence-corrected chi connectivity index (χ2v) is 5.09. The van der Waals surface area contributed by atoms with Crippen LogP contribution in [0, 0.1) is 0 Å². The number of nitrogens with zero attached hydrogens (tertiary/aromatic N) is 3. The van der Waals surface area contributed by atoms with Crippen LogP contribution in [0.5, 0.6) is 0 Å². The summed E-state index contributed by atoms with van der Waals surface area (Å²) in [4.78, 5) is 11.8. The Bertz CT molecular complexity index is 852. The Morgan fingerprint density at radius 1 is 1.14 bits per heavy atom. The number of aromatic amines is 1. The van der Waals surface area contributed by atoms with Gasteiger partial charge in [-0.1, -0.05) is 60.1 Å². The van der Waals surface area contributed by atoms with Gasteiger partial charge < -0.3 is 0 Å². The molecule has 0 aliphatic heterocycles. The van der Waals surface area contributed by atoms with Crippen LogP contribution < -0.4 is 5.69 Å². The molecule has 22 heavy (non-hydrogen) atoms. The minimum atomic E-state index is -0.380. The lowest BCUT2D eigenvalue weighted by Crippen LogP contribution is -2.15. The maximum Gasteiger partial charge on any atom is 0.364 e. The van der Waals surface area contributed by atoms with Crippen LogP contribution in [-0.4, -0.2) is 21.1 Å². The third-order valence-electron chi connectivity index (χ3n) is 3.14. The number of halogens is 1. The predicted octanol–water partition coefficient (Wildman–Crippen LogP) is 2.70. The standard InChI is InChI=1S/C16H13ClN4O/c17-14-9-5-4-8-13(14)11-18-21-15(19-20-16(21)22)10-12-6-2-1-3-7-12/h1-9,11H,10H2,(H,20,22). The van der Waals surface area contributed by atoms with E-state index in [9.17, 15) is 4.79 Å². The van der Waals surface area contributed by atoms with E-state index in [1.807, 2.05) is 48.5 Å². The lowest BCUT2D eigenvalue weighted by molar-refractivity contribution is 0.775. The molecule has 0 radical (unpaired) electrons. The second-order valence-electron chi connectivity index (χ2n) is 4.69. The zero-order valence-electron chi connectivity index (χ0n) is 11.6. The van der Waals surface area contributed by atoms with Gasteiger partial charge in [0.1, 0.15) is 0 Å². The Morgan fingerprint density at radius 2 is 1.86 bits per heavy atom. The molecule has 0 fully saturated rings. The Balaban J connectivity index is 1.90. The first-order valence-corrected chi connectivity index (χ1v) is 7.11. The first kappa shape index (κ1) is 14.3. The van der Waals surface area contributed by atoms with Gasteiger partial charge in [0, 0.05) is 17.0 Å². The van der Waals surface area contributed by atoms with Crippen LogP contribution in [0.1, 0.15) is 17.0 Å². The molecule has 1 N–H and O–H groups in total. The molecule has 0 saturated carbocycles. The van der Waals surface area contributed by atoms with E-state index in [1.165, 1.54) is 4.68 Å². The third kappa shape index (κ3) is 3.15. The van der Waals surface area contributed by atoms with Crippen molar-refractivity contribution in [1.82, 2.24) is 14.9 Å². The molecule has 0 saturated heterocycles. The molecular formula is C16H13ClN4O. The Hall–Kier alpha value is -2.66. The van der Waals surface area contributed by atoms with E-state index in [2.05, 4.69) is 15.3 Å². The third-order valence-corrected chi connectivity index (χ3v) is 3.48. The van der Waals surface area contributed by atoms with Crippen molar-refractivity contribution in [1.29, 1.82) is 0 Å². The van der Waals surface area contributed by atoms with Gasteiger partial charge in [0.05, 0.1) is 6.21 Å². The smallest absolute Gasteiger partial charge is 0.244 e. The predicted molar refractivity (Wildman–Crippen MR) is 86.5 cm³/mol. The van der Waals surface area contributed by atoms with Crippen molar-refractivity contribution >= 4 is 17.8 Å². The van der Waals surface area contributed by atoms with E-state index in [-0.39, 0.29) is 5.69 Å². The number of H-pyrrole nitrogens is 1. The highest BCUT2D eigenvalue weighted by atomic mass is 35.5. The minimum Gasteiger partial charge on any atom is -0.244 e. The van der Waals surface area contributed by atoms with Crippen molar-refractivity contribution in [2.24, 2.45) is 5.10 Å². The van der Waals surface area contributed by atoms with E-state index in [1.54, 1.807) is 12.3 Å². The molecule has 0 spiro atoms. The highest BCUT2D eigenvalue weighted by molar-refractivity contribution is 6.33. The molecule has 3 rings (SSSR count). The number of benzene rings is 2. The fourth-order valence-electron chi connectivity index (χ4n) is 2.04. The maximum absolute atomic E-state index is 11.8. The monoisotopic (exact) mass is 312 g/mol. The summed E-state index contributed by atoms with van der Waals surface area (Å²) in [6.45, 7) is 0. The van der Waals surface area contributed by atoms with Crippen LogP contribution in [0.15, 0.2) is 64.5 Å². The molecule has 1 aromatic heterocycles. The molecule has 0 atom stereocenters. The summed E-state index contributed by atoms with van der Waals surface area (Å²) in [5.41, 5.74) is 1.41. The van der Waals surface area contributed by atoms with Crippen LogP contribution in [-0.2, 0) is 6.42 Å². The second kappa shape index (κ2) is 6.41. The largest absolute Gasteiger partial charge is 0.364 e. The SMILES string of the molecule is O=c1[nH]nc(Cc2ccccc2)n1N=Cc1ccccc1Cl. The summed E-state index contributed by atoms with van der Waals surface area (Å²) >= 11 is 6.07. The lowest BCUT2D eigenvalue weighted by Gasteiger charge is -2.01. The van der Waals surface area contributed by atoms with Crippen molar-refractivity contribution in [3.05, 3.63) is 87.1 Å². The van der Waals surface area contributed by atoms with Crippen molar-refractivity contribution in [2.45, 2.75) is 6.42 Å². The van der Waals surface area contributed by atoms with Crippen molar-refractivity contribution in [3.8, 4) is 0 Å². The molecule has 0 unspecified atom stereocenters. The van der Waals surface area contributed by atoms with Gasteiger partial charge in [-0.3, -0.25) is 0 Å².